The number of nitrogens with zero attached hydrogens (tertiary/aromatic N) is 4. The SMILES string of the molecule is Cc1cc([N-]c2c(C(C)C)cccc2C(C)C)c2nc(-c3cccc4c3C([N-]c3ccccc3C)CCC4)n(C)c2c1.[CH3-].[CH3-].[Hf+4]. The first-order valence-corrected chi connectivity index (χ1v) is 15.4. The van der Waals surface area contributed by atoms with Crippen molar-refractivity contribution in [1.29, 1.82) is 0 Å². The average Bonchev–Trinajstić information content (AvgIpc) is 3.29. The summed E-state index contributed by atoms with van der Waals surface area (Å²) in [6, 6.07) is 26.3. The molecule has 1 aromatic heterocycles. The van der Waals surface area contributed by atoms with Gasteiger partial charge in [-0.15, -0.1) is 17.1 Å². The molecule has 5 aromatic rings. The van der Waals surface area contributed by atoms with Crippen LogP contribution in [0.4, 0.5) is 17.1 Å². The molecule has 0 saturated heterocycles. The minimum Gasteiger partial charge on any atom is -0.678 e. The van der Waals surface area contributed by atoms with Crippen molar-refractivity contribution in [2.24, 2.45) is 7.05 Å². The molecule has 6 rings (SSSR count). The van der Waals surface area contributed by atoms with Gasteiger partial charge in [0.05, 0.1) is 11.0 Å². The van der Waals surface area contributed by atoms with Gasteiger partial charge in [0.25, 0.3) is 0 Å². The zero-order valence-corrected chi connectivity index (χ0v) is 32.2. The van der Waals surface area contributed by atoms with Crippen molar-refractivity contribution in [2.45, 2.75) is 78.7 Å². The zero-order valence-electron chi connectivity index (χ0n) is 28.6. The third-order valence-electron chi connectivity index (χ3n) is 8.79. The molecule has 0 aliphatic heterocycles. The van der Waals surface area contributed by atoms with Gasteiger partial charge >= 0.3 is 25.8 Å². The van der Waals surface area contributed by atoms with E-state index in [0.717, 1.165) is 53.2 Å². The molecule has 1 aliphatic carbocycles. The Balaban J connectivity index is 0.00000184. The van der Waals surface area contributed by atoms with Gasteiger partial charge in [0.15, 0.2) is 0 Å². The summed E-state index contributed by atoms with van der Waals surface area (Å²) in [4.78, 5) is 5.36. The van der Waals surface area contributed by atoms with Crippen molar-refractivity contribution in [3.63, 3.8) is 0 Å². The van der Waals surface area contributed by atoms with Crippen LogP contribution in [-0.4, -0.2) is 9.55 Å². The summed E-state index contributed by atoms with van der Waals surface area (Å²) in [6.45, 7) is 13.3. The van der Waals surface area contributed by atoms with Crippen molar-refractivity contribution in [3.8, 4) is 11.4 Å². The van der Waals surface area contributed by atoms with Crippen molar-refractivity contribution in [3.05, 3.63) is 132 Å². The Morgan fingerprint density at radius 2 is 1.49 bits per heavy atom. The summed E-state index contributed by atoms with van der Waals surface area (Å²) in [6.07, 6.45) is 3.28. The minimum atomic E-state index is 0. The van der Waals surface area contributed by atoms with Gasteiger partial charge in [-0.2, -0.15) is 0 Å². The number of fused-ring (bicyclic) bond motifs is 2. The Labute approximate surface area is 290 Å². The molecular weight excluding hydrogens is 715 g/mol. The first-order chi connectivity index (χ1) is 20.2. The minimum absolute atomic E-state index is 0. The third kappa shape index (κ3) is 6.99. The first kappa shape index (κ1) is 36.3. The summed E-state index contributed by atoms with van der Waals surface area (Å²) in [5, 5.41) is 10.7. The van der Waals surface area contributed by atoms with Crippen LogP contribution in [0.25, 0.3) is 33.1 Å². The molecular formula is C40H48HfN4. The van der Waals surface area contributed by atoms with E-state index in [-0.39, 0.29) is 46.7 Å². The Morgan fingerprint density at radius 1 is 0.822 bits per heavy atom. The van der Waals surface area contributed by atoms with E-state index in [1.807, 2.05) is 0 Å². The van der Waals surface area contributed by atoms with Gasteiger partial charge in [0, 0.05) is 12.6 Å². The average molecular weight is 763 g/mol. The number of imidazole rings is 1. The van der Waals surface area contributed by atoms with Crippen molar-refractivity contribution >= 4 is 28.1 Å². The molecule has 1 unspecified atom stereocenters. The number of benzene rings is 4. The van der Waals surface area contributed by atoms with Crippen LogP contribution in [0.2, 0.25) is 0 Å². The topological polar surface area (TPSA) is 46.0 Å². The van der Waals surface area contributed by atoms with Gasteiger partial charge in [-0.3, -0.25) is 0 Å². The molecule has 0 radical (unpaired) electrons. The molecule has 1 atom stereocenters. The van der Waals surface area contributed by atoms with E-state index in [1.165, 1.54) is 38.9 Å². The molecule has 0 fully saturated rings. The molecule has 0 saturated carbocycles. The van der Waals surface area contributed by atoms with Gasteiger partial charge in [0.1, 0.15) is 5.82 Å². The van der Waals surface area contributed by atoms with Crippen LogP contribution >= 0.6 is 0 Å². The maximum absolute atomic E-state index is 5.39. The predicted octanol–water partition coefficient (Wildman–Crippen LogP) is 12.4. The summed E-state index contributed by atoms with van der Waals surface area (Å²) in [7, 11) is 2.14. The van der Waals surface area contributed by atoms with Crippen LogP contribution in [0.5, 0.6) is 0 Å². The molecule has 4 aromatic carbocycles. The molecule has 4 nitrogen and oxygen atoms in total. The molecule has 0 bridgehead atoms. The zero-order chi connectivity index (χ0) is 29.5. The second-order valence-corrected chi connectivity index (χ2v) is 12.6. The number of hydrogen-bond acceptors (Lipinski definition) is 1. The first-order valence-electron chi connectivity index (χ1n) is 15.4. The molecule has 1 aliphatic rings. The number of rotatable bonds is 7. The van der Waals surface area contributed by atoms with Gasteiger partial charge in [-0.25, -0.2) is 4.98 Å². The Morgan fingerprint density at radius 3 is 2.16 bits per heavy atom. The fourth-order valence-electron chi connectivity index (χ4n) is 6.55. The van der Waals surface area contributed by atoms with Gasteiger partial charge in [-0.05, 0) is 49.3 Å². The van der Waals surface area contributed by atoms with E-state index < -0.39 is 0 Å². The van der Waals surface area contributed by atoms with Crippen LogP contribution in [0, 0.1) is 28.7 Å². The Hall–Kier alpha value is -3.18. The molecule has 1 heterocycles. The van der Waals surface area contributed by atoms with Crippen molar-refractivity contribution in [2.75, 3.05) is 0 Å². The van der Waals surface area contributed by atoms with Gasteiger partial charge < -0.3 is 30.1 Å². The largest absolute Gasteiger partial charge is 4.00 e. The van der Waals surface area contributed by atoms with Crippen LogP contribution in [-0.2, 0) is 39.3 Å². The second kappa shape index (κ2) is 14.9. The summed E-state index contributed by atoms with van der Waals surface area (Å²) >= 11 is 0. The summed E-state index contributed by atoms with van der Waals surface area (Å²) in [5.74, 6) is 1.75. The summed E-state index contributed by atoms with van der Waals surface area (Å²) in [5.41, 5.74) is 14.0. The normalized spacial score (nSPS) is 13.9. The third-order valence-corrected chi connectivity index (χ3v) is 8.79. The second-order valence-electron chi connectivity index (χ2n) is 12.6. The summed E-state index contributed by atoms with van der Waals surface area (Å²) < 4.78 is 2.26. The number of aryl methyl sites for hydroxylation is 4. The fraction of sp³-hybridized carbons (Fsp3) is 0.325. The maximum atomic E-state index is 5.39. The fourth-order valence-corrected chi connectivity index (χ4v) is 6.55. The van der Waals surface area contributed by atoms with Crippen LogP contribution in [0.15, 0.2) is 72.8 Å². The monoisotopic (exact) mass is 764 g/mol. The molecule has 0 spiro atoms. The quantitative estimate of drug-likeness (QED) is 0.120. The van der Waals surface area contributed by atoms with Gasteiger partial charge in [-0.1, -0.05) is 136 Å². The van der Waals surface area contributed by atoms with Gasteiger partial charge in [0.2, 0.25) is 0 Å². The smallest absolute Gasteiger partial charge is 0.678 e. The molecule has 0 amide bonds. The van der Waals surface area contributed by atoms with Crippen LogP contribution in [0.1, 0.15) is 91.8 Å². The van der Waals surface area contributed by atoms with Crippen molar-refractivity contribution in [1.82, 2.24) is 9.55 Å². The molecule has 0 N–H and O–H groups in total. The van der Waals surface area contributed by atoms with E-state index in [1.54, 1.807) is 0 Å². The van der Waals surface area contributed by atoms with Crippen LogP contribution < -0.4 is 0 Å². The molecule has 5 heteroatoms. The standard InChI is InChI=1S/C38H42N4.2CH3.Hf/c1-23(2)28-16-12-17-29(24(3)4)36(28)40-33-21-25(5)22-34-37(33)41-38(42(34)7)30-18-10-14-27-15-11-20-32(35(27)30)39-31-19-9-8-13-26(31)6;;;/h8-10,12-14,16-19,21-24,32H,11,15,20H2,1-7H3;2*1H3;/q-2;2*-1;+4. The van der Waals surface area contributed by atoms with E-state index in [2.05, 4.69) is 126 Å². The van der Waals surface area contributed by atoms with E-state index >= 15 is 0 Å². The van der Waals surface area contributed by atoms with Crippen molar-refractivity contribution < 1.29 is 25.8 Å². The number of hydrogen-bond donors (Lipinski definition) is 0. The predicted molar refractivity (Wildman–Crippen MR) is 191 cm³/mol. The van der Waals surface area contributed by atoms with Crippen LogP contribution in [0.3, 0.4) is 0 Å². The van der Waals surface area contributed by atoms with E-state index in [9.17, 15) is 0 Å². The van der Waals surface area contributed by atoms with E-state index in [4.69, 9.17) is 15.6 Å². The van der Waals surface area contributed by atoms with E-state index in [0.29, 0.717) is 11.8 Å². The maximum Gasteiger partial charge on any atom is 4.00 e. The molecule has 232 valence electrons. The number of aromatic nitrogens is 2. The Bertz CT molecular complexity index is 1740. The molecule has 45 heavy (non-hydrogen) atoms. The Kier molecular flexibility index (Phi) is 12.0. The number of para-hydroxylation sites is 2.